The molecule has 0 saturated carbocycles. The van der Waals surface area contributed by atoms with Gasteiger partial charge in [-0.1, -0.05) is 0 Å². The van der Waals surface area contributed by atoms with E-state index in [0.29, 0.717) is 19.0 Å². The number of benzene rings is 1. The lowest BCUT2D eigenvalue weighted by Gasteiger charge is -2.23. The third-order valence-electron chi connectivity index (χ3n) is 4.58. The van der Waals surface area contributed by atoms with Gasteiger partial charge >= 0.3 is 0 Å². The van der Waals surface area contributed by atoms with Gasteiger partial charge in [0.2, 0.25) is 0 Å². The average Bonchev–Trinajstić information content (AvgIpc) is 3.10. The minimum absolute atomic E-state index is 0.0210. The van der Waals surface area contributed by atoms with Crippen LogP contribution >= 0.6 is 0 Å². The molecule has 0 bridgehead atoms. The lowest BCUT2D eigenvalue weighted by molar-refractivity contribution is 0.0240. The van der Waals surface area contributed by atoms with Crippen molar-refractivity contribution >= 4 is 0 Å². The standard InChI is InChI=1S/C19H27FN4O2/c1-21-7-8-24(2)13-15-12-22-23-19(15)14-3-4-18(17(20)11-14)26-16-5-9-25-10-6-16/h3-4,11-12,16,21H,5-10,13H2,1-2H3,(H,22,23). The van der Waals surface area contributed by atoms with Crippen LogP contribution in [-0.4, -0.2) is 61.6 Å². The highest BCUT2D eigenvalue weighted by molar-refractivity contribution is 5.63. The van der Waals surface area contributed by atoms with E-state index in [9.17, 15) is 4.39 Å². The Morgan fingerprint density at radius 2 is 2.19 bits per heavy atom. The fourth-order valence-corrected chi connectivity index (χ4v) is 3.08. The van der Waals surface area contributed by atoms with Crippen LogP contribution in [0.15, 0.2) is 24.4 Å². The summed E-state index contributed by atoms with van der Waals surface area (Å²) in [6.07, 6.45) is 3.42. The Morgan fingerprint density at radius 3 is 2.92 bits per heavy atom. The molecule has 1 fully saturated rings. The first-order valence-electron chi connectivity index (χ1n) is 9.07. The lowest BCUT2D eigenvalue weighted by atomic mass is 10.1. The summed E-state index contributed by atoms with van der Waals surface area (Å²) < 4.78 is 25.7. The second-order valence-electron chi connectivity index (χ2n) is 6.69. The Hall–Kier alpha value is -1.96. The van der Waals surface area contributed by atoms with Gasteiger partial charge in [0.1, 0.15) is 6.10 Å². The third kappa shape index (κ3) is 4.81. The van der Waals surface area contributed by atoms with Gasteiger partial charge in [-0.25, -0.2) is 4.39 Å². The van der Waals surface area contributed by atoms with Crippen molar-refractivity contribution in [3.63, 3.8) is 0 Å². The van der Waals surface area contributed by atoms with Crippen molar-refractivity contribution in [3.8, 4) is 17.0 Å². The molecule has 0 atom stereocenters. The monoisotopic (exact) mass is 362 g/mol. The number of hydrogen-bond donors (Lipinski definition) is 2. The van der Waals surface area contributed by atoms with Crippen molar-refractivity contribution in [2.75, 3.05) is 40.4 Å². The van der Waals surface area contributed by atoms with Gasteiger partial charge in [0, 0.05) is 43.6 Å². The van der Waals surface area contributed by atoms with Crippen molar-refractivity contribution in [2.24, 2.45) is 0 Å². The molecule has 1 aliphatic rings. The van der Waals surface area contributed by atoms with Crippen LogP contribution in [0.2, 0.25) is 0 Å². The molecule has 1 aromatic heterocycles. The molecule has 7 heteroatoms. The Bertz CT molecular complexity index is 701. The Labute approximate surface area is 153 Å². The van der Waals surface area contributed by atoms with Crippen LogP contribution in [0, 0.1) is 5.82 Å². The predicted molar refractivity (Wildman–Crippen MR) is 98.7 cm³/mol. The highest BCUT2D eigenvalue weighted by atomic mass is 19.1. The topological polar surface area (TPSA) is 62.4 Å². The van der Waals surface area contributed by atoms with Crippen molar-refractivity contribution in [2.45, 2.75) is 25.5 Å². The van der Waals surface area contributed by atoms with Gasteiger partial charge in [-0.2, -0.15) is 5.10 Å². The number of ether oxygens (including phenoxy) is 2. The maximum atomic E-state index is 14.5. The molecular formula is C19H27FN4O2. The van der Waals surface area contributed by atoms with Crippen LogP contribution in [0.3, 0.4) is 0 Å². The van der Waals surface area contributed by atoms with E-state index in [1.807, 2.05) is 13.1 Å². The van der Waals surface area contributed by atoms with E-state index in [1.165, 1.54) is 6.07 Å². The van der Waals surface area contributed by atoms with Crippen molar-refractivity contribution in [3.05, 3.63) is 35.8 Å². The number of H-pyrrole nitrogens is 1. The molecule has 0 amide bonds. The summed E-state index contributed by atoms with van der Waals surface area (Å²) in [5.74, 6) is -0.0501. The van der Waals surface area contributed by atoms with Gasteiger partial charge < -0.3 is 19.7 Å². The molecule has 0 radical (unpaired) electrons. The number of likely N-dealkylation sites (N-methyl/N-ethyl adjacent to an activating group) is 2. The van der Waals surface area contributed by atoms with E-state index in [4.69, 9.17) is 9.47 Å². The summed E-state index contributed by atoms with van der Waals surface area (Å²) in [7, 11) is 3.99. The molecule has 2 N–H and O–H groups in total. The Kier molecular flexibility index (Phi) is 6.60. The molecule has 26 heavy (non-hydrogen) atoms. The highest BCUT2D eigenvalue weighted by Crippen LogP contribution is 2.28. The zero-order valence-corrected chi connectivity index (χ0v) is 15.4. The summed E-state index contributed by atoms with van der Waals surface area (Å²) in [6, 6.07) is 5.09. The van der Waals surface area contributed by atoms with Crippen LogP contribution in [-0.2, 0) is 11.3 Å². The molecule has 0 aliphatic carbocycles. The molecule has 1 aliphatic heterocycles. The predicted octanol–water partition coefficient (Wildman–Crippen LogP) is 2.42. The number of aromatic nitrogens is 2. The van der Waals surface area contributed by atoms with Gasteiger partial charge in [-0.15, -0.1) is 0 Å². The smallest absolute Gasteiger partial charge is 0.165 e. The van der Waals surface area contributed by atoms with Crippen LogP contribution in [0.4, 0.5) is 4.39 Å². The summed E-state index contributed by atoms with van der Waals surface area (Å²) in [4.78, 5) is 2.20. The molecule has 2 aromatic rings. The lowest BCUT2D eigenvalue weighted by Crippen LogP contribution is -2.27. The van der Waals surface area contributed by atoms with E-state index in [0.717, 1.165) is 49.3 Å². The van der Waals surface area contributed by atoms with E-state index < -0.39 is 0 Å². The molecule has 1 saturated heterocycles. The molecular weight excluding hydrogens is 335 g/mol. The molecule has 6 nitrogen and oxygen atoms in total. The first-order valence-corrected chi connectivity index (χ1v) is 9.07. The Balaban J connectivity index is 1.70. The van der Waals surface area contributed by atoms with Crippen LogP contribution in [0.25, 0.3) is 11.3 Å². The van der Waals surface area contributed by atoms with Crippen molar-refractivity contribution in [1.82, 2.24) is 20.4 Å². The highest BCUT2D eigenvalue weighted by Gasteiger charge is 2.18. The first-order chi connectivity index (χ1) is 12.7. The number of halogens is 1. The van der Waals surface area contributed by atoms with Crippen molar-refractivity contribution in [1.29, 1.82) is 0 Å². The zero-order chi connectivity index (χ0) is 18.4. The quantitative estimate of drug-likeness (QED) is 0.755. The summed E-state index contributed by atoms with van der Waals surface area (Å²) >= 11 is 0. The van der Waals surface area contributed by atoms with Gasteiger partial charge in [0.25, 0.3) is 0 Å². The van der Waals surface area contributed by atoms with Gasteiger partial charge in [-0.3, -0.25) is 5.10 Å². The number of hydrogen-bond acceptors (Lipinski definition) is 5. The summed E-state index contributed by atoms with van der Waals surface area (Å²) in [6.45, 7) is 3.92. The molecule has 0 spiro atoms. The fourth-order valence-electron chi connectivity index (χ4n) is 3.08. The Morgan fingerprint density at radius 1 is 1.38 bits per heavy atom. The molecule has 2 heterocycles. The van der Waals surface area contributed by atoms with E-state index in [2.05, 4.69) is 27.5 Å². The normalized spacial score (nSPS) is 15.5. The van der Waals surface area contributed by atoms with E-state index >= 15 is 0 Å². The van der Waals surface area contributed by atoms with Gasteiger partial charge in [0.15, 0.2) is 11.6 Å². The fraction of sp³-hybridized carbons (Fsp3) is 0.526. The van der Waals surface area contributed by atoms with Crippen LogP contribution < -0.4 is 10.1 Å². The number of aromatic amines is 1. The zero-order valence-electron chi connectivity index (χ0n) is 15.4. The number of nitrogens with one attached hydrogen (secondary N) is 2. The van der Waals surface area contributed by atoms with E-state index in [-0.39, 0.29) is 11.9 Å². The number of nitrogens with zero attached hydrogens (tertiary/aromatic N) is 2. The second kappa shape index (κ2) is 9.12. The third-order valence-corrected chi connectivity index (χ3v) is 4.58. The largest absolute Gasteiger partial charge is 0.487 e. The molecule has 3 rings (SSSR count). The summed E-state index contributed by atoms with van der Waals surface area (Å²) in [5.41, 5.74) is 2.66. The summed E-state index contributed by atoms with van der Waals surface area (Å²) in [5, 5.41) is 10.3. The molecule has 142 valence electrons. The maximum Gasteiger partial charge on any atom is 0.165 e. The van der Waals surface area contributed by atoms with Gasteiger partial charge in [-0.05, 0) is 32.3 Å². The van der Waals surface area contributed by atoms with Crippen LogP contribution in [0.1, 0.15) is 18.4 Å². The average molecular weight is 362 g/mol. The molecule has 0 unspecified atom stereocenters. The number of rotatable bonds is 8. The van der Waals surface area contributed by atoms with Crippen LogP contribution in [0.5, 0.6) is 5.75 Å². The first kappa shape index (κ1) is 18.8. The minimum Gasteiger partial charge on any atom is -0.487 e. The van der Waals surface area contributed by atoms with Gasteiger partial charge in [0.05, 0.1) is 25.1 Å². The minimum atomic E-state index is -0.349. The maximum absolute atomic E-state index is 14.5. The second-order valence-corrected chi connectivity index (χ2v) is 6.69. The molecule has 1 aromatic carbocycles. The SMILES string of the molecule is CNCCN(C)Cc1cn[nH]c1-c1ccc(OC2CCOCC2)c(F)c1. The van der Waals surface area contributed by atoms with E-state index in [1.54, 1.807) is 12.3 Å². The van der Waals surface area contributed by atoms with Crippen molar-refractivity contribution < 1.29 is 13.9 Å².